The molecule has 92 valence electrons. The van der Waals surface area contributed by atoms with Crippen molar-refractivity contribution in [3.63, 3.8) is 0 Å². The van der Waals surface area contributed by atoms with Crippen LogP contribution in [0.3, 0.4) is 0 Å². The third-order valence-electron chi connectivity index (χ3n) is 3.60. The molecule has 0 aliphatic carbocycles. The van der Waals surface area contributed by atoms with Crippen LogP contribution in [-0.2, 0) is 4.79 Å². The zero-order chi connectivity index (χ0) is 11.4. The summed E-state index contributed by atoms with van der Waals surface area (Å²) in [5.74, 6) is 1.42. The standard InChI is InChI=1S/C12H22N2OS/c1-12(5-7-13-8-6-12)14-11(15)10-4-2-3-9-16-10/h10,13H,2-9H2,1H3,(H,14,15). The topological polar surface area (TPSA) is 41.1 Å². The van der Waals surface area contributed by atoms with Gasteiger partial charge in [-0.05, 0) is 51.4 Å². The fraction of sp³-hybridized carbons (Fsp3) is 0.917. The Morgan fingerprint density at radius 1 is 1.38 bits per heavy atom. The van der Waals surface area contributed by atoms with Gasteiger partial charge in [0.05, 0.1) is 5.25 Å². The van der Waals surface area contributed by atoms with E-state index in [4.69, 9.17) is 0 Å². The Morgan fingerprint density at radius 2 is 2.12 bits per heavy atom. The highest BCUT2D eigenvalue weighted by Crippen LogP contribution is 2.26. The molecule has 0 aromatic carbocycles. The maximum Gasteiger partial charge on any atom is 0.233 e. The van der Waals surface area contributed by atoms with Crippen LogP contribution in [-0.4, -0.2) is 35.5 Å². The van der Waals surface area contributed by atoms with Gasteiger partial charge in [-0.3, -0.25) is 4.79 Å². The minimum absolute atomic E-state index is 0.0281. The fourth-order valence-electron chi connectivity index (χ4n) is 2.43. The summed E-state index contributed by atoms with van der Waals surface area (Å²) in [6.45, 7) is 4.22. The number of hydrogen-bond acceptors (Lipinski definition) is 3. The van der Waals surface area contributed by atoms with E-state index in [0.717, 1.165) is 38.1 Å². The molecule has 0 radical (unpaired) electrons. The Kier molecular flexibility index (Phi) is 4.14. The van der Waals surface area contributed by atoms with E-state index in [1.165, 1.54) is 12.8 Å². The highest BCUT2D eigenvalue weighted by molar-refractivity contribution is 8.00. The van der Waals surface area contributed by atoms with E-state index in [1.54, 1.807) is 0 Å². The number of piperidine rings is 1. The molecule has 1 unspecified atom stereocenters. The first-order valence-corrected chi connectivity index (χ1v) is 7.39. The third-order valence-corrected chi connectivity index (χ3v) is 4.98. The van der Waals surface area contributed by atoms with Gasteiger partial charge in [0.15, 0.2) is 0 Å². The van der Waals surface area contributed by atoms with Crippen molar-refractivity contribution < 1.29 is 4.79 Å². The molecule has 2 fully saturated rings. The van der Waals surface area contributed by atoms with Gasteiger partial charge in [0.1, 0.15) is 0 Å². The molecule has 3 nitrogen and oxygen atoms in total. The second-order valence-electron chi connectivity index (χ2n) is 5.16. The number of nitrogens with one attached hydrogen (secondary N) is 2. The predicted molar refractivity (Wildman–Crippen MR) is 68.7 cm³/mol. The third kappa shape index (κ3) is 3.14. The van der Waals surface area contributed by atoms with Crippen LogP contribution in [0.5, 0.6) is 0 Å². The van der Waals surface area contributed by atoms with Crippen LogP contribution in [0.2, 0.25) is 0 Å². The molecule has 2 saturated heterocycles. The van der Waals surface area contributed by atoms with E-state index in [0.29, 0.717) is 0 Å². The smallest absolute Gasteiger partial charge is 0.233 e. The monoisotopic (exact) mass is 242 g/mol. The molecule has 0 aromatic rings. The van der Waals surface area contributed by atoms with Crippen molar-refractivity contribution in [2.75, 3.05) is 18.8 Å². The number of amides is 1. The van der Waals surface area contributed by atoms with Gasteiger partial charge in [0, 0.05) is 5.54 Å². The van der Waals surface area contributed by atoms with E-state index >= 15 is 0 Å². The Labute approximate surface area is 102 Å². The highest BCUT2D eigenvalue weighted by Gasteiger charge is 2.31. The maximum atomic E-state index is 12.1. The van der Waals surface area contributed by atoms with Gasteiger partial charge in [-0.25, -0.2) is 0 Å². The SMILES string of the molecule is CC1(NC(=O)C2CCCCS2)CCNCC1. The van der Waals surface area contributed by atoms with Gasteiger partial charge in [-0.15, -0.1) is 11.8 Å². The lowest BCUT2D eigenvalue weighted by Gasteiger charge is -2.36. The number of thioether (sulfide) groups is 1. The second-order valence-corrected chi connectivity index (χ2v) is 6.47. The van der Waals surface area contributed by atoms with E-state index in [2.05, 4.69) is 17.6 Å². The van der Waals surface area contributed by atoms with E-state index in [9.17, 15) is 4.79 Å². The van der Waals surface area contributed by atoms with Crippen molar-refractivity contribution in [1.82, 2.24) is 10.6 Å². The molecule has 16 heavy (non-hydrogen) atoms. The maximum absolute atomic E-state index is 12.1. The zero-order valence-electron chi connectivity index (χ0n) is 10.1. The van der Waals surface area contributed by atoms with Gasteiger partial charge >= 0.3 is 0 Å². The van der Waals surface area contributed by atoms with Crippen molar-refractivity contribution in [2.45, 2.75) is 49.8 Å². The van der Waals surface area contributed by atoms with Gasteiger partial charge in [0.25, 0.3) is 0 Å². The van der Waals surface area contributed by atoms with Gasteiger partial charge in [-0.1, -0.05) is 6.42 Å². The van der Waals surface area contributed by atoms with Crippen molar-refractivity contribution in [2.24, 2.45) is 0 Å². The quantitative estimate of drug-likeness (QED) is 0.771. The lowest BCUT2D eigenvalue weighted by molar-refractivity contribution is -0.122. The van der Waals surface area contributed by atoms with Crippen LogP contribution in [0.25, 0.3) is 0 Å². The van der Waals surface area contributed by atoms with Crippen LogP contribution >= 0.6 is 11.8 Å². The molecule has 0 aromatic heterocycles. The summed E-state index contributed by atoms with van der Waals surface area (Å²) in [7, 11) is 0. The summed E-state index contributed by atoms with van der Waals surface area (Å²) >= 11 is 1.83. The Balaban J connectivity index is 1.85. The first-order chi connectivity index (χ1) is 7.70. The number of carbonyl (C=O) groups is 1. The van der Waals surface area contributed by atoms with E-state index < -0.39 is 0 Å². The number of rotatable bonds is 2. The molecule has 2 heterocycles. The van der Waals surface area contributed by atoms with Crippen molar-refractivity contribution in [1.29, 1.82) is 0 Å². The fourth-order valence-corrected chi connectivity index (χ4v) is 3.63. The minimum Gasteiger partial charge on any atom is -0.350 e. The van der Waals surface area contributed by atoms with Crippen LogP contribution < -0.4 is 10.6 Å². The van der Waals surface area contributed by atoms with E-state index in [1.807, 2.05) is 11.8 Å². The molecular weight excluding hydrogens is 220 g/mol. The molecular formula is C12H22N2OS. The Hall–Kier alpha value is -0.220. The minimum atomic E-state index is 0.0281. The molecule has 2 aliphatic heterocycles. The largest absolute Gasteiger partial charge is 0.350 e. The van der Waals surface area contributed by atoms with Crippen LogP contribution in [0, 0.1) is 0 Å². The molecule has 0 bridgehead atoms. The summed E-state index contributed by atoms with van der Waals surface area (Å²) in [6, 6.07) is 0. The molecule has 0 saturated carbocycles. The first-order valence-electron chi connectivity index (χ1n) is 6.34. The van der Waals surface area contributed by atoms with Gasteiger partial charge in [0.2, 0.25) is 5.91 Å². The molecule has 2 aliphatic rings. The summed E-state index contributed by atoms with van der Waals surface area (Å²) in [4.78, 5) is 12.1. The van der Waals surface area contributed by atoms with Crippen LogP contribution in [0.4, 0.5) is 0 Å². The lowest BCUT2D eigenvalue weighted by atomic mass is 9.90. The Bertz CT molecular complexity index is 245. The first kappa shape index (κ1) is 12.2. The van der Waals surface area contributed by atoms with Crippen molar-refractivity contribution >= 4 is 17.7 Å². The molecule has 4 heteroatoms. The highest BCUT2D eigenvalue weighted by atomic mass is 32.2. The average Bonchev–Trinajstić information content (AvgIpc) is 2.30. The van der Waals surface area contributed by atoms with E-state index in [-0.39, 0.29) is 16.7 Å². The molecule has 2 rings (SSSR count). The Morgan fingerprint density at radius 3 is 2.75 bits per heavy atom. The van der Waals surface area contributed by atoms with Crippen LogP contribution in [0.1, 0.15) is 39.0 Å². The normalized spacial score (nSPS) is 29.7. The van der Waals surface area contributed by atoms with Crippen LogP contribution in [0.15, 0.2) is 0 Å². The van der Waals surface area contributed by atoms with Gasteiger partial charge < -0.3 is 10.6 Å². The van der Waals surface area contributed by atoms with Crippen molar-refractivity contribution in [3.05, 3.63) is 0 Å². The lowest BCUT2D eigenvalue weighted by Crippen LogP contribution is -2.54. The number of carbonyl (C=O) groups excluding carboxylic acids is 1. The summed E-state index contributed by atoms with van der Waals surface area (Å²) in [5.41, 5.74) is 0.0281. The average molecular weight is 242 g/mol. The van der Waals surface area contributed by atoms with Gasteiger partial charge in [-0.2, -0.15) is 0 Å². The summed E-state index contributed by atoms with van der Waals surface area (Å²) in [5, 5.41) is 6.81. The predicted octanol–water partition coefficient (Wildman–Crippen LogP) is 1.53. The molecule has 1 amide bonds. The number of hydrogen-bond donors (Lipinski definition) is 2. The molecule has 0 spiro atoms. The summed E-state index contributed by atoms with van der Waals surface area (Å²) in [6.07, 6.45) is 5.65. The zero-order valence-corrected chi connectivity index (χ0v) is 10.9. The molecule has 2 N–H and O–H groups in total. The summed E-state index contributed by atoms with van der Waals surface area (Å²) < 4.78 is 0. The molecule has 1 atom stereocenters. The second kappa shape index (κ2) is 5.41. The van der Waals surface area contributed by atoms with Crippen molar-refractivity contribution in [3.8, 4) is 0 Å².